The molecule has 0 spiro atoms. The summed E-state index contributed by atoms with van der Waals surface area (Å²) in [5, 5.41) is 16.7. The number of benzene rings is 1. The molecule has 1 amide bonds. The number of aromatic nitrogens is 4. The lowest BCUT2D eigenvalue weighted by atomic mass is 10.1. The lowest BCUT2D eigenvalue weighted by molar-refractivity contribution is -0.383. The predicted octanol–water partition coefficient (Wildman–Crippen LogP) is 2.78. The van der Waals surface area contributed by atoms with Crippen molar-refractivity contribution in [2.75, 3.05) is 11.9 Å². The normalized spacial score (nSPS) is 11.4. The zero-order valence-electron chi connectivity index (χ0n) is 17.3. The number of aryl methyl sites for hydroxylation is 2. The maximum absolute atomic E-state index is 12.9. The molecule has 2 aromatic heterocycles. The Labute approximate surface area is 183 Å². The number of hydrogen-bond acceptors (Lipinski definition) is 8. The van der Waals surface area contributed by atoms with Crippen molar-refractivity contribution < 1.29 is 32.4 Å². The highest BCUT2D eigenvalue weighted by Gasteiger charge is 2.37. The number of esters is 1. The lowest BCUT2D eigenvalue weighted by Gasteiger charge is -2.10. The van der Waals surface area contributed by atoms with Crippen molar-refractivity contribution in [2.24, 2.45) is 0 Å². The quantitative estimate of drug-likeness (QED) is 0.318. The smallest absolute Gasteiger partial charge is 0.453 e. The van der Waals surface area contributed by atoms with E-state index in [1.807, 2.05) is 0 Å². The number of anilines is 1. The van der Waals surface area contributed by atoms with E-state index in [0.717, 1.165) is 4.52 Å². The van der Waals surface area contributed by atoms with Gasteiger partial charge in [0.2, 0.25) is 0 Å². The molecule has 0 saturated heterocycles. The second-order valence-corrected chi connectivity index (χ2v) is 6.89. The van der Waals surface area contributed by atoms with Gasteiger partial charge in [0.15, 0.2) is 6.61 Å². The Morgan fingerprint density at radius 2 is 1.91 bits per heavy atom. The third-order valence-corrected chi connectivity index (χ3v) is 4.62. The van der Waals surface area contributed by atoms with Gasteiger partial charge in [0.1, 0.15) is 5.69 Å². The number of hydrogen-bond donors (Lipinski definition) is 1. The maximum atomic E-state index is 12.9. The SMILES string of the molecule is Cc1nc2nc(C(F)(F)F)nn2c(C)c1CCC(=O)OCC(=O)Nc1ccccc1[N+](=O)[O-]. The fourth-order valence-electron chi connectivity index (χ4n) is 3.06. The fraction of sp³-hybridized carbons (Fsp3) is 0.316. The van der Waals surface area contributed by atoms with Gasteiger partial charge in [-0.2, -0.15) is 18.2 Å². The van der Waals surface area contributed by atoms with E-state index in [1.165, 1.54) is 31.2 Å². The van der Waals surface area contributed by atoms with Gasteiger partial charge in [-0.05, 0) is 31.9 Å². The summed E-state index contributed by atoms with van der Waals surface area (Å²) >= 11 is 0. The van der Waals surface area contributed by atoms with Crippen molar-refractivity contribution in [1.82, 2.24) is 19.6 Å². The molecule has 0 bridgehead atoms. The summed E-state index contributed by atoms with van der Waals surface area (Å²) in [5.74, 6) is -3.05. The molecule has 2 heterocycles. The van der Waals surface area contributed by atoms with Crippen LogP contribution in [-0.2, 0) is 26.9 Å². The van der Waals surface area contributed by atoms with Crippen LogP contribution < -0.4 is 5.32 Å². The number of nitrogens with one attached hydrogen (secondary N) is 1. The van der Waals surface area contributed by atoms with Crippen LogP contribution in [0.2, 0.25) is 0 Å². The van der Waals surface area contributed by atoms with Crippen LogP contribution in [0.25, 0.3) is 5.78 Å². The molecule has 0 aliphatic heterocycles. The van der Waals surface area contributed by atoms with E-state index in [-0.39, 0.29) is 30.0 Å². The number of carbonyl (C=O) groups is 2. The Balaban J connectivity index is 1.61. The van der Waals surface area contributed by atoms with Crippen molar-refractivity contribution in [3.63, 3.8) is 0 Å². The van der Waals surface area contributed by atoms with E-state index < -0.39 is 35.4 Å². The number of nitrogens with zero attached hydrogens (tertiary/aromatic N) is 5. The monoisotopic (exact) mass is 466 g/mol. The van der Waals surface area contributed by atoms with Crippen molar-refractivity contribution in [3.8, 4) is 0 Å². The highest BCUT2D eigenvalue weighted by Crippen LogP contribution is 2.27. The zero-order chi connectivity index (χ0) is 24.3. The van der Waals surface area contributed by atoms with Crippen LogP contribution in [-0.4, -0.2) is 43.0 Å². The van der Waals surface area contributed by atoms with Crippen LogP contribution in [0.15, 0.2) is 24.3 Å². The molecule has 0 aliphatic carbocycles. The summed E-state index contributed by atoms with van der Waals surface area (Å²) in [5.41, 5.74) is 0.848. The molecule has 1 N–H and O–H groups in total. The second-order valence-electron chi connectivity index (χ2n) is 6.89. The minimum atomic E-state index is -4.72. The van der Waals surface area contributed by atoms with E-state index in [4.69, 9.17) is 4.74 Å². The van der Waals surface area contributed by atoms with E-state index in [0.29, 0.717) is 17.0 Å². The van der Waals surface area contributed by atoms with E-state index in [9.17, 15) is 32.9 Å². The van der Waals surface area contributed by atoms with Crippen LogP contribution in [0.5, 0.6) is 0 Å². The molecule has 11 nitrogen and oxygen atoms in total. The Kier molecular flexibility index (Phi) is 6.55. The number of fused-ring (bicyclic) bond motifs is 1. The number of rotatable bonds is 7. The minimum Gasteiger partial charge on any atom is -0.456 e. The van der Waals surface area contributed by atoms with Crippen LogP contribution in [0.4, 0.5) is 24.5 Å². The van der Waals surface area contributed by atoms with Gasteiger partial charge in [-0.3, -0.25) is 19.7 Å². The van der Waals surface area contributed by atoms with Crippen LogP contribution in [0.1, 0.15) is 29.2 Å². The van der Waals surface area contributed by atoms with E-state index >= 15 is 0 Å². The van der Waals surface area contributed by atoms with Crippen molar-refractivity contribution in [2.45, 2.75) is 32.9 Å². The Bertz CT molecular complexity index is 1240. The molecule has 0 unspecified atom stereocenters. The summed E-state index contributed by atoms with van der Waals surface area (Å²) in [6, 6.07) is 5.48. The van der Waals surface area contributed by atoms with Crippen LogP contribution >= 0.6 is 0 Å². The summed E-state index contributed by atoms with van der Waals surface area (Å²) in [6.45, 7) is 2.42. The number of halogens is 3. The summed E-state index contributed by atoms with van der Waals surface area (Å²) in [6.07, 6.45) is -4.83. The molecular weight excluding hydrogens is 449 g/mol. The Morgan fingerprint density at radius 3 is 2.58 bits per heavy atom. The van der Waals surface area contributed by atoms with Gasteiger partial charge >= 0.3 is 12.1 Å². The number of para-hydroxylation sites is 2. The highest BCUT2D eigenvalue weighted by atomic mass is 19.4. The first-order valence-electron chi connectivity index (χ1n) is 9.46. The standard InChI is InChI=1S/C19H17F3N6O5/c1-10-12(11(2)27-18(23-10)25-17(26-27)19(20,21)22)7-8-16(30)33-9-15(29)24-13-5-3-4-6-14(13)28(31)32/h3-6H,7-9H2,1-2H3,(H,24,29). The van der Waals surface area contributed by atoms with Gasteiger partial charge in [0, 0.05) is 23.9 Å². The van der Waals surface area contributed by atoms with Gasteiger partial charge in [-0.15, -0.1) is 5.10 Å². The number of nitro groups is 1. The number of nitro benzene ring substituents is 1. The van der Waals surface area contributed by atoms with Crippen LogP contribution in [0.3, 0.4) is 0 Å². The molecule has 14 heteroatoms. The average Bonchev–Trinajstić information content (AvgIpc) is 3.17. The molecule has 3 aromatic rings. The van der Waals surface area contributed by atoms with E-state index in [2.05, 4.69) is 20.4 Å². The topological polar surface area (TPSA) is 142 Å². The Morgan fingerprint density at radius 1 is 1.21 bits per heavy atom. The molecule has 0 fully saturated rings. The third-order valence-electron chi connectivity index (χ3n) is 4.62. The minimum absolute atomic E-state index is 0.0415. The molecular formula is C19H17F3N6O5. The number of alkyl halides is 3. The molecule has 33 heavy (non-hydrogen) atoms. The molecule has 0 atom stereocenters. The maximum Gasteiger partial charge on any atom is 0.453 e. The largest absolute Gasteiger partial charge is 0.456 e. The van der Waals surface area contributed by atoms with E-state index in [1.54, 1.807) is 6.92 Å². The van der Waals surface area contributed by atoms with Crippen LogP contribution in [0, 0.1) is 24.0 Å². The summed E-state index contributed by atoms with van der Waals surface area (Å²) < 4.78 is 44.5. The first-order valence-corrected chi connectivity index (χ1v) is 9.46. The first kappa shape index (κ1) is 23.6. The average molecular weight is 466 g/mol. The second kappa shape index (κ2) is 9.18. The fourth-order valence-corrected chi connectivity index (χ4v) is 3.06. The number of ether oxygens (including phenoxy) is 1. The molecule has 0 radical (unpaired) electrons. The third kappa shape index (κ3) is 5.39. The number of amides is 1. The van der Waals surface area contributed by atoms with Crippen molar-refractivity contribution in [1.29, 1.82) is 0 Å². The molecule has 1 aromatic carbocycles. The molecule has 174 valence electrons. The zero-order valence-corrected chi connectivity index (χ0v) is 17.3. The molecule has 0 saturated carbocycles. The van der Waals surface area contributed by atoms with Crippen molar-refractivity contribution in [3.05, 3.63) is 57.2 Å². The predicted molar refractivity (Wildman–Crippen MR) is 106 cm³/mol. The molecule has 3 rings (SSSR count). The summed E-state index contributed by atoms with van der Waals surface area (Å²) in [4.78, 5) is 41.7. The lowest BCUT2D eigenvalue weighted by Crippen LogP contribution is -2.21. The highest BCUT2D eigenvalue weighted by molar-refractivity contribution is 5.94. The van der Waals surface area contributed by atoms with Gasteiger partial charge in [0.25, 0.3) is 23.2 Å². The van der Waals surface area contributed by atoms with Gasteiger partial charge in [0.05, 0.1) is 4.92 Å². The van der Waals surface area contributed by atoms with Gasteiger partial charge in [-0.25, -0.2) is 9.50 Å². The van der Waals surface area contributed by atoms with Gasteiger partial charge in [-0.1, -0.05) is 12.1 Å². The first-order chi connectivity index (χ1) is 15.5. The number of carbonyl (C=O) groups excluding carboxylic acids is 2. The summed E-state index contributed by atoms with van der Waals surface area (Å²) in [7, 11) is 0. The van der Waals surface area contributed by atoms with Crippen molar-refractivity contribution >= 4 is 29.0 Å². The Hall–Kier alpha value is -4.10. The van der Waals surface area contributed by atoms with Gasteiger partial charge < -0.3 is 10.1 Å². The molecule has 0 aliphatic rings.